The minimum Gasteiger partial charge on any atom is -0.211 e. The molecule has 0 radical (unpaired) electrons. The summed E-state index contributed by atoms with van der Waals surface area (Å²) >= 11 is 0. The Balaban J connectivity index is 2.07. The van der Waals surface area contributed by atoms with Crippen LogP contribution in [0.3, 0.4) is 0 Å². The Morgan fingerprint density at radius 2 is 1.82 bits per heavy atom. The van der Waals surface area contributed by atoms with Crippen LogP contribution in [0.5, 0.6) is 0 Å². The molecule has 114 valence electrons. The van der Waals surface area contributed by atoms with Crippen molar-refractivity contribution in [3.8, 4) is 6.07 Å². The zero-order chi connectivity index (χ0) is 16.2. The standard InChI is InChI=1S/C15H12F2N2O2S/c16-13-6-5-11(9-14(13)17)7-8-19-22(20,21)15-4-2-1-3-12(15)10-18/h1-6,9,19H,7-8H2. The fourth-order valence-electron chi connectivity index (χ4n) is 1.90. The van der Waals surface area contributed by atoms with Gasteiger partial charge in [0, 0.05) is 6.54 Å². The van der Waals surface area contributed by atoms with Crippen LogP contribution in [0.4, 0.5) is 8.78 Å². The summed E-state index contributed by atoms with van der Waals surface area (Å²) in [5.41, 5.74) is 0.512. The lowest BCUT2D eigenvalue weighted by Gasteiger charge is -2.08. The highest BCUT2D eigenvalue weighted by Crippen LogP contribution is 2.14. The Bertz CT molecular complexity index is 830. The van der Waals surface area contributed by atoms with Crippen LogP contribution in [0.2, 0.25) is 0 Å². The first-order chi connectivity index (χ1) is 10.4. The Hall–Kier alpha value is -2.30. The lowest BCUT2D eigenvalue weighted by atomic mass is 10.1. The minimum atomic E-state index is -3.83. The monoisotopic (exact) mass is 322 g/mol. The van der Waals surface area contributed by atoms with Crippen LogP contribution in [0.25, 0.3) is 0 Å². The number of halogens is 2. The molecule has 0 fully saturated rings. The fourth-order valence-corrected chi connectivity index (χ4v) is 3.08. The van der Waals surface area contributed by atoms with Gasteiger partial charge in [-0.05, 0) is 36.2 Å². The van der Waals surface area contributed by atoms with Crippen LogP contribution in [0.15, 0.2) is 47.4 Å². The van der Waals surface area contributed by atoms with Crippen molar-refractivity contribution in [3.63, 3.8) is 0 Å². The molecule has 0 atom stereocenters. The van der Waals surface area contributed by atoms with Crippen molar-refractivity contribution < 1.29 is 17.2 Å². The van der Waals surface area contributed by atoms with Crippen molar-refractivity contribution in [1.29, 1.82) is 5.26 Å². The number of hydrogen-bond acceptors (Lipinski definition) is 3. The third-order valence-electron chi connectivity index (χ3n) is 2.99. The Labute approximate surface area is 127 Å². The molecule has 0 saturated carbocycles. The maximum atomic E-state index is 13.1. The third-order valence-corrected chi connectivity index (χ3v) is 4.51. The number of nitrogens with one attached hydrogen (secondary N) is 1. The van der Waals surface area contributed by atoms with Gasteiger partial charge in [0.25, 0.3) is 0 Å². The van der Waals surface area contributed by atoms with Gasteiger partial charge in [-0.25, -0.2) is 21.9 Å². The molecule has 0 heterocycles. The highest BCUT2D eigenvalue weighted by molar-refractivity contribution is 7.89. The quantitative estimate of drug-likeness (QED) is 0.918. The normalized spacial score (nSPS) is 11.1. The van der Waals surface area contributed by atoms with Crippen LogP contribution in [-0.2, 0) is 16.4 Å². The number of hydrogen-bond donors (Lipinski definition) is 1. The van der Waals surface area contributed by atoms with E-state index < -0.39 is 21.7 Å². The molecule has 0 unspecified atom stereocenters. The molecule has 0 amide bonds. The summed E-state index contributed by atoms with van der Waals surface area (Å²) in [5.74, 6) is -1.93. The second kappa shape index (κ2) is 6.64. The fraction of sp³-hybridized carbons (Fsp3) is 0.133. The second-order valence-corrected chi connectivity index (χ2v) is 6.24. The van der Waals surface area contributed by atoms with E-state index in [0.717, 1.165) is 12.1 Å². The Morgan fingerprint density at radius 3 is 2.50 bits per heavy atom. The van der Waals surface area contributed by atoms with Gasteiger partial charge in [0.05, 0.1) is 10.5 Å². The number of benzene rings is 2. The van der Waals surface area contributed by atoms with E-state index in [1.54, 1.807) is 6.07 Å². The van der Waals surface area contributed by atoms with Crippen LogP contribution >= 0.6 is 0 Å². The van der Waals surface area contributed by atoms with Crippen molar-refractivity contribution in [2.45, 2.75) is 11.3 Å². The summed E-state index contributed by atoms with van der Waals surface area (Å²) in [5, 5.41) is 8.92. The average molecular weight is 322 g/mol. The van der Waals surface area contributed by atoms with E-state index in [4.69, 9.17) is 5.26 Å². The van der Waals surface area contributed by atoms with Crippen molar-refractivity contribution in [3.05, 3.63) is 65.2 Å². The smallest absolute Gasteiger partial charge is 0.211 e. The third kappa shape index (κ3) is 3.67. The lowest BCUT2D eigenvalue weighted by Crippen LogP contribution is -2.26. The first kappa shape index (κ1) is 16.1. The van der Waals surface area contributed by atoms with Gasteiger partial charge < -0.3 is 0 Å². The van der Waals surface area contributed by atoms with Crippen LogP contribution < -0.4 is 4.72 Å². The molecular formula is C15H12F2N2O2S. The summed E-state index contributed by atoms with van der Waals surface area (Å²) < 4.78 is 52.4. The molecule has 0 aliphatic carbocycles. The molecule has 2 rings (SSSR count). The molecule has 1 N–H and O–H groups in total. The maximum absolute atomic E-state index is 13.1. The zero-order valence-corrected chi connectivity index (χ0v) is 12.2. The predicted molar refractivity (Wildman–Crippen MR) is 76.4 cm³/mol. The molecule has 0 aromatic heterocycles. The lowest BCUT2D eigenvalue weighted by molar-refractivity contribution is 0.507. The van der Waals surface area contributed by atoms with Gasteiger partial charge in [0.1, 0.15) is 6.07 Å². The summed E-state index contributed by atoms with van der Waals surface area (Å²) in [7, 11) is -3.83. The molecule has 0 aliphatic heterocycles. The molecule has 0 saturated heterocycles. The van der Waals surface area contributed by atoms with Gasteiger partial charge in [0.2, 0.25) is 10.0 Å². The van der Waals surface area contributed by atoms with Crippen molar-refractivity contribution in [2.24, 2.45) is 0 Å². The zero-order valence-electron chi connectivity index (χ0n) is 11.4. The highest BCUT2D eigenvalue weighted by atomic mass is 32.2. The maximum Gasteiger partial charge on any atom is 0.241 e. The minimum absolute atomic E-state index is 0.00711. The van der Waals surface area contributed by atoms with Crippen molar-refractivity contribution in [2.75, 3.05) is 6.54 Å². The SMILES string of the molecule is N#Cc1ccccc1S(=O)(=O)NCCc1ccc(F)c(F)c1. The van der Waals surface area contributed by atoms with Crippen LogP contribution in [0, 0.1) is 23.0 Å². The second-order valence-electron chi connectivity index (χ2n) is 4.50. The topological polar surface area (TPSA) is 70.0 Å². The molecule has 7 heteroatoms. The van der Waals surface area contributed by atoms with Crippen molar-refractivity contribution in [1.82, 2.24) is 4.72 Å². The van der Waals surface area contributed by atoms with E-state index in [1.807, 2.05) is 6.07 Å². The molecule has 4 nitrogen and oxygen atoms in total. The van der Waals surface area contributed by atoms with Gasteiger partial charge in [-0.1, -0.05) is 18.2 Å². The highest BCUT2D eigenvalue weighted by Gasteiger charge is 2.17. The van der Waals surface area contributed by atoms with Crippen LogP contribution in [0.1, 0.15) is 11.1 Å². The van der Waals surface area contributed by atoms with Gasteiger partial charge in [0.15, 0.2) is 11.6 Å². The van der Waals surface area contributed by atoms with E-state index in [9.17, 15) is 17.2 Å². The largest absolute Gasteiger partial charge is 0.241 e. The summed E-state index contributed by atoms with van der Waals surface area (Å²) in [4.78, 5) is -0.109. The first-order valence-electron chi connectivity index (χ1n) is 6.37. The van der Waals surface area contributed by atoms with Gasteiger partial charge in [-0.2, -0.15) is 5.26 Å². The number of nitriles is 1. The van der Waals surface area contributed by atoms with Crippen molar-refractivity contribution >= 4 is 10.0 Å². The molecule has 0 bridgehead atoms. The molecule has 0 spiro atoms. The number of rotatable bonds is 5. The first-order valence-corrected chi connectivity index (χ1v) is 7.85. The summed E-state index contributed by atoms with van der Waals surface area (Å²) in [6.45, 7) is 0.00711. The molecule has 2 aromatic carbocycles. The average Bonchev–Trinajstić information content (AvgIpc) is 2.50. The Kier molecular flexibility index (Phi) is 4.85. The van der Waals surface area contributed by atoms with Crippen LogP contribution in [-0.4, -0.2) is 15.0 Å². The molecule has 0 aliphatic rings. The van der Waals surface area contributed by atoms with Gasteiger partial charge in [-0.15, -0.1) is 0 Å². The number of sulfonamides is 1. The predicted octanol–water partition coefficient (Wildman–Crippen LogP) is 2.36. The molecular weight excluding hydrogens is 310 g/mol. The molecule has 22 heavy (non-hydrogen) atoms. The van der Waals surface area contributed by atoms with E-state index in [-0.39, 0.29) is 23.4 Å². The van der Waals surface area contributed by atoms with E-state index in [1.165, 1.54) is 24.3 Å². The van der Waals surface area contributed by atoms with Gasteiger partial charge >= 0.3 is 0 Å². The van der Waals surface area contributed by atoms with E-state index in [0.29, 0.717) is 5.56 Å². The van der Waals surface area contributed by atoms with E-state index in [2.05, 4.69) is 4.72 Å². The summed E-state index contributed by atoms with van der Waals surface area (Å²) in [6.07, 6.45) is 0.200. The van der Waals surface area contributed by atoms with E-state index >= 15 is 0 Å². The Morgan fingerprint density at radius 1 is 1.09 bits per heavy atom. The molecule has 2 aromatic rings. The summed E-state index contributed by atoms with van der Waals surface area (Å²) in [6, 6.07) is 11.0. The number of nitrogens with zero attached hydrogens (tertiary/aromatic N) is 1. The van der Waals surface area contributed by atoms with Gasteiger partial charge in [-0.3, -0.25) is 0 Å².